The molecule has 37 heavy (non-hydrogen) atoms. The maximum atomic E-state index is 13.7. The number of methoxy groups -OCH3 is 1. The number of Topliss-reactive ketones (excluding diaryl/α,β-unsaturated/α-hetero) is 1. The van der Waals surface area contributed by atoms with Gasteiger partial charge in [-0.1, -0.05) is 30.3 Å². The highest BCUT2D eigenvalue weighted by Gasteiger charge is 2.49. The van der Waals surface area contributed by atoms with Crippen LogP contribution in [0, 0.1) is 0 Å². The summed E-state index contributed by atoms with van der Waals surface area (Å²) in [6.07, 6.45) is 3.29. The van der Waals surface area contributed by atoms with E-state index < -0.39 is 12.1 Å². The number of carbonyl (C=O) groups is 3. The lowest BCUT2D eigenvalue weighted by atomic mass is 9.77. The Morgan fingerprint density at radius 1 is 1.08 bits per heavy atom. The number of hydrogen-bond acceptors (Lipinski definition) is 7. The normalized spacial score (nSPS) is 21.8. The number of piperazine rings is 1. The van der Waals surface area contributed by atoms with E-state index in [1.807, 2.05) is 18.2 Å². The van der Waals surface area contributed by atoms with Gasteiger partial charge in [-0.3, -0.25) is 19.4 Å². The van der Waals surface area contributed by atoms with Gasteiger partial charge in [0.15, 0.2) is 17.3 Å². The molecule has 3 aliphatic heterocycles. The second kappa shape index (κ2) is 8.92. The van der Waals surface area contributed by atoms with E-state index in [0.29, 0.717) is 28.4 Å². The van der Waals surface area contributed by atoms with Gasteiger partial charge in [-0.05, 0) is 29.3 Å². The van der Waals surface area contributed by atoms with Crippen LogP contribution in [-0.4, -0.2) is 71.5 Å². The first-order chi connectivity index (χ1) is 18.0. The number of benzene rings is 2. The number of nitrogens with zero attached hydrogens (tertiary/aromatic N) is 3. The fraction of sp³-hybridized carbons (Fsp3) is 0.286. The van der Waals surface area contributed by atoms with Crippen molar-refractivity contribution in [3.05, 3.63) is 83.2 Å². The summed E-state index contributed by atoms with van der Waals surface area (Å²) in [6, 6.07) is 13.1. The molecule has 0 radical (unpaired) electrons. The SMILES string of the molecule is COc1cc([C@H]2c3cnccc3C(=O)N3C[C@@H](C(=O)c4ccccc4)N(C(C)=O)C[C@H]23)cc2c1OCO2. The zero-order chi connectivity index (χ0) is 25.7. The summed E-state index contributed by atoms with van der Waals surface area (Å²) in [6.45, 7) is 1.84. The van der Waals surface area contributed by atoms with Gasteiger partial charge < -0.3 is 24.0 Å². The van der Waals surface area contributed by atoms with E-state index in [9.17, 15) is 14.4 Å². The van der Waals surface area contributed by atoms with Crippen molar-refractivity contribution in [3.8, 4) is 17.2 Å². The maximum Gasteiger partial charge on any atom is 0.254 e. The molecule has 9 nitrogen and oxygen atoms in total. The first kappa shape index (κ1) is 23.0. The molecule has 0 spiro atoms. The van der Waals surface area contributed by atoms with Crippen LogP contribution in [0.1, 0.15) is 44.7 Å². The largest absolute Gasteiger partial charge is 0.493 e. The molecule has 2 aromatic carbocycles. The minimum Gasteiger partial charge on any atom is -0.493 e. The molecule has 0 aliphatic carbocycles. The summed E-state index contributed by atoms with van der Waals surface area (Å²) in [7, 11) is 1.56. The Hall–Kier alpha value is -4.40. The van der Waals surface area contributed by atoms with Gasteiger partial charge in [0.2, 0.25) is 18.4 Å². The molecule has 3 aromatic rings. The molecule has 3 aliphatic rings. The monoisotopic (exact) mass is 499 g/mol. The summed E-state index contributed by atoms with van der Waals surface area (Å²) in [4.78, 5) is 47.7. The van der Waals surface area contributed by atoms with Gasteiger partial charge in [-0.2, -0.15) is 0 Å². The lowest BCUT2D eigenvalue weighted by Crippen LogP contribution is -2.66. The van der Waals surface area contributed by atoms with E-state index in [0.717, 1.165) is 11.1 Å². The zero-order valence-electron chi connectivity index (χ0n) is 20.4. The van der Waals surface area contributed by atoms with Crippen LogP contribution in [0.4, 0.5) is 0 Å². The van der Waals surface area contributed by atoms with Gasteiger partial charge in [-0.25, -0.2) is 0 Å². The molecule has 2 amide bonds. The Bertz CT molecular complexity index is 1410. The first-order valence-corrected chi connectivity index (χ1v) is 12.1. The van der Waals surface area contributed by atoms with Crippen LogP contribution in [0.15, 0.2) is 60.9 Å². The van der Waals surface area contributed by atoms with Crippen molar-refractivity contribution in [3.63, 3.8) is 0 Å². The molecular formula is C28H25N3O6. The number of hydrogen-bond donors (Lipinski definition) is 0. The lowest BCUT2D eigenvalue weighted by molar-refractivity contribution is -0.133. The Balaban J connectivity index is 1.47. The molecule has 4 heterocycles. The number of amides is 2. The van der Waals surface area contributed by atoms with E-state index in [1.165, 1.54) is 6.92 Å². The van der Waals surface area contributed by atoms with Crippen molar-refractivity contribution in [1.29, 1.82) is 0 Å². The highest BCUT2D eigenvalue weighted by molar-refractivity contribution is 6.03. The van der Waals surface area contributed by atoms with Crippen LogP contribution >= 0.6 is 0 Å². The summed E-state index contributed by atoms with van der Waals surface area (Å²) in [5.41, 5.74) is 2.62. The molecule has 0 unspecified atom stereocenters. The van der Waals surface area contributed by atoms with Crippen LogP contribution < -0.4 is 14.2 Å². The summed E-state index contributed by atoms with van der Waals surface area (Å²) in [5.74, 6) is 0.683. The fourth-order valence-electron chi connectivity index (χ4n) is 5.68. The highest BCUT2D eigenvalue weighted by Crippen LogP contribution is 2.47. The molecule has 6 rings (SSSR count). The minimum absolute atomic E-state index is 0.0907. The number of ketones is 1. The molecule has 1 aromatic heterocycles. The summed E-state index contributed by atoms with van der Waals surface area (Å²) >= 11 is 0. The second-order valence-corrected chi connectivity index (χ2v) is 9.34. The third-order valence-corrected chi connectivity index (χ3v) is 7.40. The van der Waals surface area contributed by atoms with Gasteiger partial charge in [0.1, 0.15) is 6.04 Å². The first-order valence-electron chi connectivity index (χ1n) is 12.1. The molecule has 0 N–H and O–H groups in total. The molecule has 3 atom stereocenters. The minimum atomic E-state index is -0.782. The van der Waals surface area contributed by atoms with Gasteiger partial charge in [0.25, 0.3) is 5.91 Å². The van der Waals surface area contributed by atoms with E-state index in [4.69, 9.17) is 14.2 Å². The van der Waals surface area contributed by atoms with Gasteiger partial charge >= 0.3 is 0 Å². The van der Waals surface area contributed by atoms with E-state index in [1.54, 1.807) is 59.6 Å². The van der Waals surface area contributed by atoms with Crippen molar-refractivity contribution in [2.75, 3.05) is 27.0 Å². The molecule has 0 bridgehead atoms. The molecule has 0 saturated carbocycles. The van der Waals surface area contributed by atoms with Crippen LogP contribution in [0.5, 0.6) is 17.2 Å². The van der Waals surface area contributed by atoms with Crippen molar-refractivity contribution in [1.82, 2.24) is 14.8 Å². The van der Waals surface area contributed by atoms with Gasteiger partial charge in [0, 0.05) is 49.5 Å². The zero-order valence-corrected chi connectivity index (χ0v) is 20.4. The standard InChI is InChI=1S/C28H25N3O6/c1-16(32)30-13-21-25(18-10-23(35-2)27-24(11-18)36-15-37-27)20-12-29-9-8-19(20)28(34)31(21)14-22(30)26(33)17-6-4-3-5-7-17/h3-12,21-22,25H,13-15H2,1-2H3/t21-,22+,25+/m1/s1. The number of fused-ring (bicyclic) bond motifs is 3. The average molecular weight is 500 g/mol. The van der Waals surface area contributed by atoms with Crippen LogP contribution in [0.3, 0.4) is 0 Å². The van der Waals surface area contributed by atoms with Gasteiger partial charge in [-0.15, -0.1) is 0 Å². The fourth-order valence-corrected chi connectivity index (χ4v) is 5.68. The van der Waals surface area contributed by atoms with E-state index in [-0.39, 0.29) is 43.4 Å². The predicted octanol–water partition coefficient (Wildman–Crippen LogP) is 2.89. The van der Waals surface area contributed by atoms with Crippen LogP contribution in [0.2, 0.25) is 0 Å². The van der Waals surface area contributed by atoms with Crippen molar-refractivity contribution >= 4 is 17.6 Å². The van der Waals surface area contributed by atoms with E-state index in [2.05, 4.69) is 4.98 Å². The molecule has 1 saturated heterocycles. The Kier molecular flexibility index (Phi) is 5.55. The number of aromatic nitrogens is 1. The Morgan fingerprint density at radius 2 is 1.89 bits per heavy atom. The molecule has 9 heteroatoms. The van der Waals surface area contributed by atoms with E-state index >= 15 is 0 Å². The van der Waals surface area contributed by atoms with Crippen molar-refractivity contribution < 1.29 is 28.6 Å². The third-order valence-electron chi connectivity index (χ3n) is 7.40. The van der Waals surface area contributed by atoms with Crippen molar-refractivity contribution in [2.24, 2.45) is 0 Å². The number of carbonyl (C=O) groups excluding carboxylic acids is 3. The molecular weight excluding hydrogens is 474 g/mol. The summed E-state index contributed by atoms with van der Waals surface area (Å²) < 4.78 is 16.8. The number of pyridine rings is 1. The smallest absolute Gasteiger partial charge is 0.254 e. The lowest BCUT2D eigenvalue weighted by Gasteiger charge is -2.50. The van der Waals surface area contributed by atoms with Crippen LogP contribution in [-0.2, 0) is 4.79 Å². The Labute approximate surface area is 213 Å². The van der Waals surface area contributed by atoms with Crippen LogP contribution in [0.25, 0.3) is 0 Å². The third kappa shape index (κ3) is 3.69. The predicted molar refractivity (Wildman–Crippen MR) is 132 cm³/mol. The average Bonchev–Trinajstić information content (AvgIpc) is 3.41. The molecule has 1 fully saturated rings. The maximum absolute atomic E-state index is 13.7. The van der Waals surface area contributed by atoms with Gasteiger partial charge in [0.05, 0.1) is 13.2 Å². The number of rotatable bonds is 4. The second-order valence-electron chi connectivity index (χ2n) is 9.34. The highest BCUT2D eigenvalue weighted by atomic mass is 16.7. The topological polar surface area (TPSA) is 98.3 Å². The number of ether oxygens (including phenoxy) is 3. The van der Waals surface area contributed by atoms with Crippen molar-refractivity contribution in [2.45, 2.75) is 24.9 Å². The quantitative estimate of drug-likeness (QED) is 0.509. The Morgan fingerprint density at radius 3 is 2.65 bits per heavy atom. The summed E-state index contributed by atoms with van der Waals surface area (Å²) in [5, 5.41) is 0. The molecule has 188 valence electrons.